The molecule has 0 N–H and O–H groups in total. The second-order valence-electron chi connectivity index (χ2n) is 8.86. The van der Waals surface area contributed by atoms with E-state index >= 15 is 0 Å². The van der Waals surface area contributed by atoms with Crippen LogP contribution in [0.5, 0.6) is 5.75 Å². The lowest BCUT2D eigenvalue weighted by Crippen LogP contribution is -2.49. The number of ether oxygens (including phenoxy) is 1. The number of anilines is 1. The molecule has 0 unspecified atom stereocenters. The number of nitrogens with zero attached hydrogens (tertiary/aromatic N) is 2. The van der Waals surface area contributed by atoms with Gasteiger partial charge in [-0.05, 0) is 75.2 Å². The second-order valence-corrected chi connectivity index (χ2v) is 9.90. The van der Waals surface area contributed by atoms with Gasteiger partial charge in [-0.15, -0.1) is 11.8 Å². The van der Waals surface area contributed by atoms with Crippen LogP contribution in [0, 0.1) is 20.8 Å². The summed E-state index contributed by atoms with van der Waals surface area (Å²) in [5.74, 6) is 1.73. The molecule has 1 aliphatic rings. The van der Waals surface area contributed by atoms with Gasteiger partial charge in [0.2, 0.25) is 0 Å². The number of carbonyl (C=O) groups excluding carboxylic acids is 1. The average Bonchev–Trinajstić information content (AvgIpc) is 2.86. The van der Waals surface area contributed by atoms with Crippen LogP contribution in [-0.2, 0) is 5.75 Å². The molecule has 3 aromatic carbocycles. The van der Waals surface area contributed by atoms with Crippen molar-refractivity contribution >= 4 is 23.4 Å². The van der Waals surface area contributed by atoms with Crippen LogP contribution in [0.3, 0.4) is 0 Å². The van der Waals surface area contributed by atoms with Gasteiger partial charge >= 0.3 is 0 Å². The summed E-state index contributed by atoms with van der Waals surface area (Å²) in [7, 11) is 0. The standard InChI is InChI=1S/C29H34N2O2S/c1-5-33-28-14-11-24(19-25(28)20-34-26-12-9-21(2)10-13-26)29(32)31-17-15-30(16-18-31)27-8-6-7-22(3)23(27)4/h6-14,19H,5,15-18,20H2,1-4H3. The molecule has 1 aliphatic heterocycles. The van der Waals surface area contributed by atoms with Gasteiger partial charge in [-0.3, -0.25) is 4.79 Å². The Bertz CT molecular complexity index is 1140. The van der Waals surface area contributed by atoms with Crippen molar-refractivity contribution in [2.45, 2.75) is 38.3 Å². The summed E-state index contributed by atoms with van der Waals surface area (Å²) in [4.78, 5) is 18.9. The quantitative estimate of drug-likeness (QED) is 0.378. The van der Waals surface area contributed by atoms with Crippen LogP contribution in [0.15, 0.2) is 65.6 Å². The lowest BCUT2D eigenvalue weighted by atomic mass is 10.1. The number of aryl methyl sites for hydroxylation is 2. The summed E-state index contributed by atoms with van der Waals surface area (Å²) < 4.78 is 5.86. The van der Waals surface area contributed by atoms with Crippen molar-refractivity contribution in [1.82, 2.24) is 4.90 Å². The van der Waals surface area contributed by atoms with Crippen LogP contribution in [-0.4, -0.2) is 43.6 Å². The van der Waals surface area contributed by atoms with Gasteiger partial charge in [0, 0.05) is 53.6 Å². The zero-order valence-corrected chi connectivity index (χ0v) is 21.5. The molecule has 1 amide bonds. The minimum atomic E-state index is 0.102. The number of rotatable bonds is 7. The third kappa shape index (κ3) is 5.58. The molecular formula is C29H34N2O2S. The van der Waals surface area contributed by atoms with Crippen molar-refractivity contribution in [1.29, 1.82) is 0 Å². The summed E-state index contributed by atoms with van der Waals surface area (Å²) in [6.07, 6.45) is 0. The smallest absolute Gasteiger partial charge is 0.253 e. The number of amides is 1. The van der Waals surface area contributed by atoms with E-state index in [2.05, 4.69) is 68.1 Å². The van der Waals surface area contributed by atoms with Gasteiger partial charge in [-0.25, -0.2) is 0 Å². The molecule has 0 radical (unpaired) electrons. The maximum Gasteiger partial charge on any atom is 0.253 e. The van der Waals surface area contributed by atoms with Gasteiger partial charge < -0.3 is 14.5 Å². The number of hydrogen-bond acceptors (Lipinski definition) is 4. The predicted molar refractivity (Wildman–Crippen MR) is 142 cm³/mol. The molecule has 5 heteroatoms. The number of piperazine rings is 1. The van der Waals surface area contributed by atoms with Gasteiger partial charge in [0.25, 0.3) is 5.91 Å². The van der Waals surface area contributed by atoms with Gasteiger partial charge in [-0.1, -0.05) is 29.8 Å². The van der Waals surface area contributed by atoms with Crippen molar-refractivity contribution in [3.8, 4) is 5.75 Å². The summed E-state index contributed by atoms with van der Waals surface area (Å²) in [6.45, 7) is 12.2. The molecule has 0 atom stereocenters. The van der Waals surface area contributed by atoms with Crippen molar-refractivity contribution in [3.63, 3.8) is 0 Å². The highest BCUT2D eigenvalue weighted by molar-refractivity contribution is 7.98. The Kier molecular flexibility index (Phi) is 7.84. The number of benzene rings is 3. The summed E-state index contributed by atoms with van der Waals surface area (Å²) in [6, 6.07) is 20.9. The van der Waals surface area contributed by atoms with E-state index in [-0.39, 0.29) is 5.91 Å². The van der Waals surface area contributed by atoms with E-state index in [1.54, 1.807) is 11.8 Å². The minimum absolute atomic E-state index is 0.102. The number of carbonyl (C=O) groups is 1. The zero-order valence-electron chi connectivity index (χ0n) is 20.6. The SMILES string of the molecule is CCOc1ccc(C(=O)N2CCN(c3cccc(C)c3C)CC2)cc1CSc1ccc(C)cc1. The molecule has 4 rings (SSSR count). The first kappa shape index (κ1) is 24.2. The van der Waals surface area contributed by atoms with Crippen molar-refractivity contribution in [2.75, 3.05) is 37.7 Å². The van der Waals surface area contributed by atoms with Crippen LogP contribution < -0.4 is 9.64 Å². The molecule has 1 saturated heterocycles. The molecular weight excluding hydrogens is 440 g/mol. The molecule has 34 heavy (non-hydrogen) atoms. The fourth-order valence-corrected chi connectivity index (χ4v) is 5.20. The molecule has 0 aromatic heterocycles. The summed E-state index contributed by atoms with van der Waals surface area (Å²) in [5, 5.41) is 0. The first-order valence-corrected chi connectivity index (χ1v) is 13.0. The van der Waals surface area contributed by atoms with E-state index in [0.717, 1.165) is 48.8 Å². The van der Waals surface area contributed by atoms with Crippen LogP contribution in [0.4, 0.5) is 5.69 Å². The van der Waals surface area contributed by atoms with E-state index in [0.29, 0.717) is 6.61 Å². The van der Waals surface area contributed by atoms with E-state index < -0.39 is 0 Å². The van der Waals surface area contributed by atoms with Crippen molar-refractivity contribution in [3.05, 3.63) is 88.5 Å². The molecule has 4 nitrogen and oxygen atoms in total. The summed E-state index contributed by atoms with van der Waals surface area (Å²) in [5.41, 5.74) is 6.97. The predicted octanol–water partition coefficient (Wildman–Crippen LogP) is 6.27. The van der Waals surface area contributed by atoms with Crippen LogP contribution in [0.2, 0.25) is 0 Å². The Morgan fingerprint density at radius 1 is 0.941 bits per heavy atom. The highest BCUT2D eigenvalue weighted by Gasteiger charge is 2.24. The minimum Gasteiger partial charge on any atom is -0.494 e. The third-order valence-corrected chi connectivity index (χ3v) is 7.57. The zero-order chi connectivity index (χ0) is 24.1. The van der Waals surface area contributed by atoms with E-state index in [4.69, 9.17) is 4.74 Å². The van der Waals surface area contributed by atoms with Gasteiger partial charge in [-0.2, -0.15) is 0 Å². The van der Waals surface area contributed by atoms with Crippen molar-refractivity contribution < 1.29 is 9.53 Å². The maximum absolute atomic E-state index is 13.4. The molecule has 3 aromatic rings. The monoisotopic (exact) mass is 474 g/mol. The van der Waals surface area contributed by atoms with Crippen molar-refractivity contribution in [2.24, 2.45) is 0 Å². The summed E-state index contributed by atoms with van der Waals surface area (Å²) >= 11 is 1.77. The fourth-order valence-electron chi connectivity index (χ4n) is 4.33. The third-order valence-electron chi connectivity index (χ3n) is 6.51. The molecule has 178 valence electrons. The first-order valence-electron chi connectivity index (χ1n) is 12.0. The normalized spacial score (nSPS) is 13.8. The molecule has 0 saturated carbocycles. The molecule has 0 spiro atoms. The molecule has 0 bridgehead atoms. The van der Waals surface area contributed by atoms with E-state index in [1.807, 2.05) is 30.0 Å². The lowest BCUT2D eigenvalue weighted by molar-refractivity contribution is 0.0746. The highest BCUT2D eigenvalue weighted by Crippen LogP contribution is 2.30. The largest absolute Gasteiger partial charge is 0.494 e. The fraction of sp³-hybridized carbons (Fsp3) is 0.345. The lowest BCUT2D eigenvalue weighted by Gasteiger charge is -2.37. The Hall–Kier alpha value is -2.92. The maximum atomic E-state index is 13.4. The second kappa shape index (κ2) is 11.0. The van der Waals surface area contributed by atoms with Gasteiger partial charge in [0.1, 0.15) is 5.75 Å². The topological polar surface area (TPSA) is 32.8 Å². The number of hydrogen-bond donors (Lipinski definition) is 0. The van der Waals surface area contributed by atoms with Gasteiger partial charge in [0.05, 0.1) is 6.61 Å². The van der Waals surface area contributed by atoms with Crippen LogP contribution >= 0.6 is 11.8 Å². The van der Waals surface area contributed by atoms with Gasteiger partial charge in [0.15, 0.2) is 0 Å². The molecule has 1 heterocycles. The first-order chi connectivity index (χ1) is 16.5. The Morgan fingerprint density at radius 3 is 2.38 bits per heavy atom. The molecule has 0 aliphatic carbocycles. The molecule has 1 fully saturated rings. The Balaban J connectivity index is 1.44. The van der Waals surface area contributed by atoms with E-state index in [1.165, 1.54) is 27.3 Å². The van der Waals surface area contributed by atoms with E-state index in [9.17, 15) is 4.79 Å². The van der Waals surface area contributed by atoms with Crippen LogP contribution in [0.1, 0.15) is 39.5 Å². The number of thioether (sulfide) groups is 1. The Labute approximate surface area is 207 Å². The Morgan fingerprint density at radius 2 is 1.68 bits per heavy atom. The highest BCUT2D eigenvalue weighted by atomic mass is 32.2. The average molecular weight is 475 g/mol. The van der Waals surface area contributed by atoms with Crippen LogP contribution in [0.25, 0.3) is 0 Å².